The second-order valence-electron chi connectivity index (χ2n) is 4.90. The molecule has 1 fully saturated rings. The zero-order valence-electron chi connectivity index (χ0n) is 10.7. The van der Waals surface area contributed by atoms with Crippen molar-refractivity contribution in [3.63, 3.8) is 0 Å². The summed E-state index contributed by atoms with van der Waals surface area (Å²) in [5, 5.41) is 3.01. The Morgan fingerprint density at radius 1 is 1.41 bits per heavy atom. The fourth-order valence-corrected chi connectivity index (χ4v) is 2.35. The molecule has 2 amide bonds. The maximum atomic E-state index is 12.0. The quantitative estimate of drug-likeness (QED) is 0.709. The number of carbonyl (C=O) groups is 2. The van der Waals surface area contributed by atoms with E-state index in [0.717, 1.165) is 25.9 Å². The molecule has 1 saturated heterocycles. The van der Waals surface area contributed by atoms with Crippen molar-refractivity contribution < 1.29 is 9.59 Å². The maximum absolute atomic E-state index is 12.0. The third-order valence-electron chi connectivity index (χ3n) is 3.35. The smallest absolute Gasteiger partial charge is 0.226 e. The van der Waals surface area contributed by atoms with Crippen LogP contribution in [0.5, 0.6) is 0 Å². The summed E-state index contributed by atoms with van der Waals surface area (Å²) in [6.45, 7) is 4.16. The second-order valence-corrected chi connectivity index (χ2v) is 4.90. The van der Waals surface area contributed by atoms with Crippen molar-refractivity contribution in [2.45, 2.75) is 26.2 Å². The van der Waals surface area contributed by atoms with E-state index in [1.54, 1.807) is 0 Å². The van der Waals surface area contributed by atoms with Gasteiger partial charge in [0.1, 0.15) is 0 Å². The van der Waals surface area contributed by atoms with E-state index in [-0.39, 0.29) is 17.7 Å². The van der Waals surface area contributed by atoms with Crippen LogP contribution in [0.15, 0.2) is 0 Å². The van der Waals surface area contributed by atoms with Crippen molar-refractivity contribution in [3.8, 4) is 0 Å². The molecule has 5 nitrogen and oxygen atoms in total. The Bertz CT molecular complexity index is 273. The molecule has 17 heavy (non-hydrogen) atoms. The van der Waals surface area contributed by atoms with Gasteiger partial charge in [-0.25, -0.2) is 0 Å². The van der Waals surface area contributed by atoms with Crippen molar-refractivity contribution >= 4 is 11.8 Å². The zero-order valence-corrected chi connectivity index (χ0v) is 10.7. The van der Waals surface area contributed by atoms with Crippen molar-refractivity contribution in [2.24, 2.45) is 17.6 Å². The number of piperidine rings is 1. The molecule has 1 heterocycles. The van der Waals surface area contributed by atoms with Crippen molar-refractivity contribution in [1.29, 1.82) is 0 Å². The van der Waals surface area contributed by atoms with E-state index in [9.17, 15) is 9.59 Å². The fourth-order valence-electron chi connectivity index (χ4n) is 2.35. The lowest BCUT2D eigenvalue weighted by molar-refractivity contribution is -0.136. The van der Waals surface area contributed by atoms with Crippen LogP contribution in [0.3, 0.4) is 0 Å². The number of amides is 2. The minimum absolute atomic E-state index is 0.0210. The van der Waals surface area contributed by atoms with Crippen LogP contribution in [0, 0.1) is 11.8 Å². The molecule has 0 aromatic rings. The van der Waals surface area contributed by atoms with Gasteiger partial charge in [0.05, 0.1) is 0 Å². The highest BCUT2D eigenvalue weighted by molar-refractivity contribution is 5.79. The van der Waals surface area contributed by atoms with Crippen LogP contribution < -0.4 is 11.1 Å². The Morgan fingerprint density at radius 2 is 2.00 bits per heavy atom. The lowest BCUT2D eigenvalue weighted by atomic mass is 9.92. The van der Waals surface area contributed by atoms with E-state index in [1.165, 1.54) is 0 Å². The van der Waals surface area contributed by atoms with E-state index in [4.69, 9.17) is 5.73 Å². The van der Waals surface area contributed by atoms with E-state index in [2.05, 4.69) is 5.32 Å². The van der Waals surface area contributed by atoms with Gasteiger partial charge in [-0.1, -0.05) is 6.92 Å². The van der Waals surface area contributed by atoms with Crippen LogP contribution in [-0.2, 0) is 9.59 Å². The predicted octanol–water partition coefficient (Wildman–Crippen LogP) is -0.0441. The van der Waals surface area contributed by atoms with Crippen LogP contribution in [0.2, 0.25) is 0 Å². The first-order chi connectivity index (χ1) is 8.04. The van der Waals surface area contributed by atoms with Gasteiger partial charge >= 0.3 is 0 Å². The minimum Gasteiger partial charge on any atom is -0.370 e. The second kappa shape index (κ2) is 6.59. The summed E-state index contributed by atoms with van der Waals surface area (Å²) in [5.74, 6) is 0.346. The molecular weight excluding hydrogens is 218 g/mol. The molecule has 0 spiro atoms. The molecular formula is C12H23N3O2. The fraction of sp³-hybridized carbons (Fsp3) is 0.833. The van der Waals surface area contributed by atoms with Gasteiger partial charge in [-0.05, 0) is 25.8 Å². The molecule has 98 valence electrons. The molecule has 0 aliphatic carbocycles. The molecule has 0 aromatic carbocycles. The highest BCUT2D eigenvalue weighted by Crippen LogP contribution is 2.21. The van der Waals surface area contributed by atoms with Crippen LogP contribution in [-0.4, -0.2) is 43.4 Å². The lowest BCUT2D eigenvalue weighted by Gasteiger charge is -2.33. The topological polar surface area (TPSA) is 75.4 Å². The Morgan fingerprint density at radius 3 is 2.47 bits per heavy atom. The van der Waals surface area contributed by atoms with Crippen molar-refractivity contribution in [1.82, 2.24) is 10.2 Å². The van der Waals surface area contributed by atoms with Crippen LogP contribution in [0.1, 0.15) is 26.2 Å². The Labute approximate surface area is 103 Å². The van der Waals surface area contributed by atoms with Gasteiger partial charge in [0.25, 0.3) is 0 Å². The number of likely N-dealkylation sites (tertiary alicyclic amines) is 1. The van der Waals surface area contributed by atoms with E-state index in [0.29, 0.717) is 18.9 Å². The molecule has 1 unspecified atom stereocenters. The summed E-state index contributed by atoms with van der Waals surface area (Å²) in [6, 6.07) is 0. The largest absolute Gasteiger partial charge is 0.370 e. The van der Waals surface area contributed by atoms with Crippen molar-refractivity contribution in [2.75, 3.05) is 26.7 Å². The molecule has 5 heteroatoms. The summed E-state index contributed by atoms with van der Waals surface area (Å²) in [6.07, 6.45) is 2.23. The van der Waals surface area contributed by atoms with E-state index < -0.39 is 0 Å². The number of nitrogens with two attached hydrogens (primary N) is 1. The number of primary amides is 1. The van der Waals surface area contributed by atoms with Gasteiger partial charge in [0, 0.05) is 32.0 Å². The van der Waals surface area contributed by atoms with E-state index >= 15 is 0 Å². The summed E-state index contributed by atoms with van der Waals surface area (Å²) < 4.78 is 0. The molecule has 1 aliphatic heterocycles. The van der Waals surface area contributed by atoms with Gasteiger partial charge in [0.2, 0.25) is 11.8 Å². The van der Waals surface area contributed by atoms with Crippen molar-refractivity contribution in [3.05, 3.63) is 0 Å². The van der Waals surface area contributed by atoms with Gasteiger partial charge in [-0.3, -0.25) is 9.59 Å². The van der Waals surface area contributed by atoms with Crippen LogP contribution >= 0.6 is 0 Å². The average Bonchev–Trinajstić information content (AvgIpc) is 2.28. The number of rotatable bonds is 5. The number of carbonyl (C=O) groups excluding carboxylic acids is 2. The first-order valence-electron chi connectivity index (χ1n) is 6.26. The van der Waals surface area contributed by atoms with Gasteiger partial charge in [-0.2, -0.15) is 0 Å². The monoisotopic (exact) mass is 241 g/mol. The molecule has 1 atom stereocenters. The Hall–Kier alpha value is -1.10. The number of hydrogen-bond donors (Lipinski definition) is 2. The van der Waals surface area contributed by atoms with Crippen LogP contribution in [0.25, 0.3) is 0 Å². The molecule has 0 bridgehead atoms. The first kappa shape index (κ1) is 14.0. The summed E-state index contributed by atoms with van der Waals surface area (Å²) in [5.41, 5.74) is 5.18. The molecule has 0 aromatic heterocycles. The average molecular weight is 241 g/mol. The van der Waals surface area contributed by atoms with Gasteiger partial charge < -0.3 is 16.0 Å². The Kier molecular flexibility index (Phi) is 5.41. The van der Waals surface area contributed by atoms with E-state index in [1.807, 2.05) is 18.9 Å². The third-order valence-corrected chi connectivity index (χ3v) is 3.35. The third kappa shape index (κ3) is 4.34. The SMILES string of the molecule is CNCC(C)C(=O)N1CCC(CC(N)=O)CC1. The minimum atomic E-state index is -0.238. The lowest BCUT2D eigenvalue weighted by Crippen LogP contribution is -2.43. The number of nitrogens with one attached hydrogen (secondary N) is 1. The summed E-state index contributed by atoms with van der Waals surface area (Å²) in [4.78, 5) is 24.7. The Balaban J connectivity index is 2.35. The first-order valence-corrected chi connectivity index (χ1v) is 6.26. The zero-order chi connectivity index (χ0) is 12.8. The molecule has 3 N–H and O–H groups in total. The molecule has 1 aliphatic rings. The van der Waals surface area contributed by atoms with Gasteiger partial charge in [-0.15, -0.1) is 0 Å². The van der Waals surface area contributed by atoms with Crippen LogP contribution in [0.4, 0.5) is 0 Å². The highest BCUT2D eigenvalue weighted by Gasteiger charge is 2.26. The maximum Gasteiger partial charge on any atom is 0.226 e. The van der Waals surface area contributed by atoms with Gasteiger partial charge in [0.15, 0.2) is 0 Å². The molecule has 0 saturated carbocycles. The number of nitrogens with zero attached hydrogens (tertiary/aromatic N) is 1. The molecule has 1 rings (SSSR count). The summed E-state index contributed by atoms with van der Waals surface area (Å²) >= 11 is 0. The summed E-state index contributed by atoms with van der Waals surface area (Å²) in [7, 11) is 1.85. The normalized spacial score (nSPS) is 19.1. The predicted molar refractivity (Wildman–Crippen MR) is 66.2 cm³/mol. The number of hydrogen-bond acceptors (Lipinski definition) is 3. The molecule has 0 radical (unpaired) electrons. The standard InChI is InChI=1S/C12H23N3O2/c1-9(8-14-2)12(17)15-5-3-10(4-6-15)7-11(13)16/h9-10,14H,3-8H2,1-2H3,(H2,13,16). The highest BCUT2D eigenvalue weighted by atomic mass is 16.2.